The Balaban J connectivity index is 2.34. The molecular weight excluding hydrogens is 246 g/mol. The van der Waals surface area contributed by atoms with Gasteiger partial charge < -0.3 is 0 Å². The van der Waals surface area contributed by atoms with Crippen molar-refractivity contribution in [1.29, 1.82) is 0 Å². The van der Waals surface area contributed by atoms with Crippen LogP contribution in [0.25, 0.3) is 6.08 Å². The third-order valence-corrected chi connectivity index (χ3v) is 2.71. The van der Waals surface area contributed by atoms with Crippen LogP contribution in [0.2, 0.25) is 0 Å². The standard InChI is InChI=1S/C16H12F2O/c1-11(9-12-5-3-2-4-6-12)16(19)14-10-13(17)7-8-15(14)18/h2-10H,1H3/b11-9+. The van der Waals surface area contributed by atoms with Crippen LogP contribution in [0.5, 0.6) is 0 Å². The molecule has 0 aliphatic rings. The summed E-state index contributed by atoms with van der Waals surface area (Å²) >= 11 is 0. The van der Waals surface area contributed by atoms with E-state index in [-0.39, 0.29) is 5.56 Å². The number of allylic oxidation sites excluding steroid dienone is 1. The Bertz CT molecular complexity index is 630. The number of rotatable bonds is 3. The first-order valence-electron chi connectivity index (χ1n) is 5.81. The summed E-state index contributed by atoms with van der Waals surface area (Å²) in [6, 6.07) is 12.1. The van der Waals surface area contributed by atoms with Gasteiger partial charge in [0.25, 0.3) is 0 Å². The topological polar surface area (TPSA) is 17.1 Å². The van der Waals surface area contributed by atoms with Crippen LogP contribution >= 0.6 is 0 Å². The van der Waals surface area contributed by atoms with Crippen molar-refractivity contribution in [2.75, 3.05) is 0 Å². The number of Topliss-reactive ketones (excluding diaryl/α,β-unsaturated/α-hetero) is 1. The van der Waals surface area contributed by atoms with E-state index in [0.29, 0.717) is 5.57 Å². The lowest BCUT2D eigenvalue weighted by Crippen LogP contribution is -2.04. The van der Waals surface area contributed by atoms with E-state index < -0.39 is 17.4 Å². The first kappa shape index (κ1) is 13.1. The van der Waals surface area contributed by atoms with Gasteiger partial charge >= 0.3 is 0 Å². The maximum atomic E-state index is 13.5. The second kappa shape index (κ2) is 5.57. The average Bonchev–Trinajstić information content (AvgIpc) is 2.42. The van der Waals surface area contributed by atoms with Crippen LogP contribution in [0.4, 0.5) is 8.78 Å². The van der Waals surface area contributed by atoms with Crippen LogP contribution < -0.4 is 0 Å². The van der Waals surface area contributed by atoms with Gasteiger partial charge in [-0.25, -0.2) is 8.78 Å². The molecule has 0 atom stereocenters. The molecule has 0 N–H and O–H groups in total. The molecule has 0 aromatic heterocycles. The van der Waals surface area contributed by atoms with Crippen LogP contribution in [0.15, 0.2) is 54.1 Å². The Labute approximate surface area is 110 Å². The molecule has 0 unspecified atom stereocenters. The van der Waals surface area contributed by atoms with Crippen molar-refractivity contribution in [2.24, 2.45) is 0 Å². The summed E-state index contributed by atoms with van der Waals surface area (Å²) in [5.41, 5.74) is 0.950. The van der Waals surface area contributed by atoms with Crippen LogP contribution in [0.3, 0.4) is 0 Å². The fourth-order valence-electron chi connectivity index (χ4n) is 1.75. The first-order chi connectivity index (χ1) is 9.08. The predicted octanol–water partition coefficient (Wildman–Crippen LogP) is 4.25. The van der Waals surface area contributed by atoms with Gasteiger partial charge in [0.1, 0.15) is 11.6 Å². The normalized spacial score (nSPS) is 11.4. The number of carbonyl (C=O) groups excluding carboxylic acids is 1. The van der Waals surface area contributed by atoms with Crippen molar-refractivity contribution < 1.29 is 13.6 Å². The highest BCUT2D eigenvalue weighted by Crippen LogP contribution is 2.16. The minimum atomic E-state index is -0.716. The lowest BCUT2D eigenvalue weighted by Gasteiger charge is -2.03. The van der Waals surface area contributed by atoms with E-state index in [0.717, 1.165) is 23.8 Å². The Morgan fingerprint density at radius 2 is 1.74 bits per heavy atom. The molecule has 19 heavy (non-hydrogen) atoms. The lowest BCUT2D eigenvalue weighted by molar-refractivity contribution is 0.103. The lowest BCUT2D eigenvalue weighted by atomic mass is 10.0. The van der Waals surface area contributed by atoms with E-state index in [4.69, 9.17) is 0 Å². The quantitative estimate of drug-likeness (QED) is 0.594. The summed E-state index contributed by atoms with van der Waals surface area (Å²) in [5, 5.41) is 0. The molecule has 0 heterocycles. The monoisotopic (exact) mass is 258 g/mol. The number of hydrogen-bond donors (Lipinski definition) is 0. The molecule has 0 amide bonds. The van der Waals surface area contributed by atoms with Gasteiger partial charge in [0.15, 0.2) is 5.78 Å². The number of benzene rings is 2. The molecular formula is C16H12F2O. The van der Waals surface area contributed by atoms with Crippen LogP contribution in [-0.4, -0.2) is 5.78 Å². The summed E-state index contributed by atoms with van der Waals surface area (Å²) in [6.45, 7) is 1.58. The first-order valence-corrected chi connectivity index (χ1v) is 5.81. The highest BCUT2D eigenvalue weighted by Gasteiger charge is 2.14. The van der Waals surface area contributed by atoms with Gasteiger partial charge in [-0.1, -0.05) is 30.3 Å². The minimum Gasteiger partial charge on any atom is -0.289 e. The third-order valence-electron chi connectivity index (χ3n) is 2.71. The van der Waals surface area contributed by atoms with Crippen LogP contribution in [0, 0.1) is 11.6 Å². The molecule has 3 heteroatoms. The molecule has 0 bridgehead atoms. The van der Waals surface area contributed by atoms with Gasteiger partial charge in [0.2, 0.25) is 0 Å². The second-order valence-electron chi connectivity index (χ2n) is 4.19. The average molecular weight is 258 g/mol. The van der Waals surface area contributed by atoms with Crippen molar-refractivity contribution in [3.8, 4) is 0 Å². The van der Waals surface area contributed by atoms with Crippen molar-refractivity contribution in [3.63, 3.8) is 0 Å². The van der Waals surface area contributed by atoms with Gasteiger partial charge in [-0.3, -0.25) is 4.79 Å². The van der Waals surface area contributed by atoms with Crippen LogP contribution in [-0.2, 0) is 0 Å². The molecule has 96 valence electrons. The number of ketones is 1. The smallest absolute Gasteiger partial charge is 0.191 e. The van der Waals surface area contributed by atoms with Crippen molar-refractivity contribution in [2.45, 2.75) is 6.92 Å². The summed E-state index contributed by atoms with van der Waals surface area (Å²) < 4.78 is 26.6. The number of carbonyl (C=O) groups is 1. The fraction of sp³-hybridized carbons (Fsp3) is 0.0625. The number of halogens is 2. The summed E-state index contributed by atoms with van der Waals surface area (Å²) in [7, 11) is 0. The third kappa shape index (κ3) is 3.13. The number of hydrogen-bond acceptors (Lipinski definition) is 1. The second-order valence-corrected chi connectivity index (χ2v) is 4.19. The molecule has 0 saturated heterocycles. The molecule has 0 aliphatic carbocycles. The molecule has 0 spiro atoms. The van der Waals surface area contributed by atoms with Crippen molar-refractivity contribution in [3.05, 3.63) is 76.9 Å². The van der Waals surface area contributed by atoms with Gasteiger partial charge in [0.05, 0.1) is 5.56 Å². The van der Waals surface area contributed by atoms with Gasteiger partial charge in [-0.2, -0.15) is 0 Å². The zero-order valence-corrected chi connectivity index (χ0v) is 10.4. The highest BCUT2D eigenvalue weighted by atomic mass is 19.1. The van der Waals surface area contributed by atoms with E-state index in [1.54, 1.807) is 13.0 Å². The van der Waals surface area contributed by atoms with Crippen molar-refractivity contribution in [1.82, 2.24) is 0 Å². The Hall–Kier alpha value is -2.29. The molecule has 1 nitrogen and oxygen atoms in total. The predicted molar refractivity (Wildman–Crippen MR) is 70.8 cm³/mol. The van der Waals surface area contributed by atoms with Gasteiger partial charge in [-0.15, -0.1) is 0 Å². The minimum absolute atomic E-state index is 0.246. The molecule has 2 aromatic carbocycles. The van der Waals surface area contributed by atoms with Gasteiger partial charge in [0, 0.05) is 0 Å². The fourth-order valence-corrected chi connectivity index (χ4v) is 1.75. The van der Waals surface area contributed by atoms with E-state index in [1.807, 2.05) is 30.3 Å². The molecule has 2 aromatic rings. The Morgan fingerprint density at radius 1 is 1.05 bits per heavy atom. The maximum absolute atomic E-state index is 13.5. The molecule has 0 aliphatic heterocycles. The van der Waals surface area contributed by atoms with E-state index >= 15 is 0 Å². The molecule has 0 fully saturated rings. The SMILES string of the molecule is C/C(=C\c1ccccc1)C(=O)c1cc(F)ccc1F. The Morgan fingerprint density at radius 3 is 2.42 bits per heavy atom. The summed E-state index contributed by atoms with van der Waals surface area (Å²) in [5.74, 6) is -1.86. The summed E-state index contributed by atoms with van der Waals surface area (Å²) in [4.78, 5) is 12.0. The molecule has 0 radical (unpaired) electrons. The zero-order valence-electron chi connectivity index (χ0n) is 10.4. The van der Waals surface area contributed by atoms with Crippen molar-refractivity contribution >= 4 is 11.9 Å². The van der Waals surface area contributed by atoms with Gasteiger partial charge in [-0.05, 0) is 42.3 Å². The largest absolute Gasteiger partial charge is 0.289 e. The molecule has 0 saturated carbocycles. The highest BCUT2D eigenvalue weighted by molar-refractivity contribution is 6.11. The Kier molecular flexibility index (Phi) is 3.85. The van der Waals surface area contributed by atoms with E-state index in [9.17, 15) is 13.6 Å². The maximum Gasteiger partial charge on any atom is 0.191 e. The van der Waals surface area contributed by atoms with Crippen LogP contribution in [0.1, 0.15) is 22.8 Å². The van der Waals surface area contributed by atoms with E-state index in [2.05, 4.69) is 0 Å². The summed E-state index contributed by atoms with van der Waals surface area (Å²) in [6.07, 6.45) is 1.65. The van der Waals surface area contributed by atoms with E-state index in [1.165, 1.54) is 0 Å². The molecule has 2 rings (SSSR count). The zero-order chi connectivity index (χ0) is 13.8.